The van der Waals surface area contributed by atoms with Crippen LogP contribution in [0.5, 0.6) is 0 Å². The van der Waals surface area contributed by atoms with E-state index in [1.807, 2.05) is 0 Å². The van der Waals surface area contributed by atoms with Crippen molar-refractivity contribution in [2.45, 2.75) is 25.9 Å². The summed E-state index contributed by atoms with van der Waals surface area (Å²) in [5.74, 6) is -1.81. The Morgan fingerprint density at radius 1 is 0.957 bits per heavy atom. The van der Waals surface area contributed by atoms with Crippen LogP contribution in [0.25, 0.3) is 0 Å². The van der Waals surface area contributed by atoms with E-state index in [1.165, 1.54) is 0 Å². The van der Waals surface area contributed by atoms with Gasteiger partial charge in [0.05, 0.1) is 26.3 Å². The van der Waals surface area contributed by atoms with Crippen LogP contribution in [-0.2, 0) is 28.7 Å². The minimum Gasteiger partial charge on any atom is -0.465 e. The number of amides is 2. The number of hydrogen-bond donors (Lipinski definition) is 1. The highest BCUT2D eigenvalue weighted by Gasteiger charge is 2.51. The van der Waals surface area contributed by atoms with E-state index in [2.05, 4.69) is 5.32 Å². The Morgan fingerprint density at radius 3 is 1.70 bits per heavy atom. The molecule has 0 aromatic heterocycles. The number of nitrogens with one attached hydrogen (secondary N) is 1. The molecule has 23 heavy (non-hydrogen) atoms. The fraction of sp³-hybridized carbons (Fsp3) is 0.714. The van der Waals surface area contributed by atoms with Gasteiger partial charge < -0.3 is 9.47 Å². The highest BCUT2D eigenvalue weighted by molar-refractivity contribution is 6.09. The minimum atomic E-state index is -0.796. The first-order valence-electron chi connectivity index (χ1n) is 7.62. The number of rotatable bonds is 6. The molecule has 2 amide bonds. The van der Waals surface area contributed by atoms with Crippen LogP contribution in [0.4, 0.5) is 0 Å². The van der Waals surface area contributed by atoms with E-state index in [-0.39, 0.29) is 26.3 Å². The largest absolute Gasteiger partial charge is 0.465 e. The molecule has 0 spiro atoms. The maximum absolute atomic E-state index is 12.1. The normalized spacial score (nSPS) is 25.0. The summed E-state index contributed by atoms with van der Waals surface area (Å²) in [6.45, 7) is 4.52. The highest BCUT2D eigenvalue weighted by Crippen LogP contribution is 2.22. The first kappa shape index (κ1) is 17.4. The van der Waals surface area contributed by atoms with Crippen molar-refractivity contribution in [1.82, 2.24) is 15.1 Å². The van der Waals surface area contributed by atoms with Crippen LogP contribution >= 0.6 is 0 Å². The van der Waals surface area contributed by atoms with Gasteiger partial charge in [-0.1, -0.05) is 0 Å². The lowest BCUT2D eigenvalue weighted by molar-refractivity contribution is -0.151. The van der Waals surface area contributed by atoms with E-state index >= 15 is 0 Å². The van der Waals surface area contributed by atoms with E-state index in [0.717, 1.165) is 0 Å². The van der Waals surface area contributed by atoms with Crippen molar-refractivity contribution in [3.63, 3.8) is 0 Å². The molecule has 0 bridgehead atoms. The molecule has 2 atom stereocenters. The Bertz CT molecular complexity index is 465. The number of esters is 2. The van der Waals surface area contributed by atoms with Crippen molar-refractivity contribution in [3.05, 3.63) is 0 Å². The zero-order valence-electron chi connectivity index (χ0n) is 13.2. The maximum atomic E-state index is 12.1. The Hall–Kier alpha value is -2.00. The van der Waals surface area contributed by atoms with Gasteiger partial charge in [0.1, 0.15) is 12.1 Å². The Morgan fingerprint density at radius 2 is 1.35 bits per heavy atom. The number of ether oxygens (including phenoxy) is 2. The molecule has 9 heteroatoms. The summed E-state index contributed by atoms with van der Waals surface area (Å²) in [5.41, 5.74) is 0. The predicted octanol–water partition coefficient (Wildman–Crippen LogP) is -1.88. The van der Waals surface area contributed by atoms with Crippen molar-refractivity contribution in [1.29, 1.82) is 0 Å². The van der Waals surface area contributed by atoms with E-state index in [0.29, 0.717) is 13.1 Å². The molecule has 0 saturated carbocycles. The molecule has 2 aliphatic heterocycles. The van der Waals surface area contributed by atoms with Gasteiger partial charge in [-0.05, 0) is 13.8 Å². The van der Waals surface area contributed by atoms with Gasteiger partial charge >= 0.3 is 11.9 Å². The maximum Gasteiger partial charge on any atom is 0.320 e. The van der Waals surface area contributed by atoms with Crippen LogP contribution in [0, 0.1) is 0 Å². The van der Waals surface area contributed by atoms with Crippen LogP contribution in [-0.4, -0.2) is 85.0 Å². The van der Waals surface area contributed by atoms with Crippen molar-refractivity contribution in [3.8, 4) is 0 Å². The molecular weight excluding hydrogens is 306 g/mol. The summed E-state index contributed by atoms with van der Waals surface area (Å²) in [7, 11) is 0. The second-order valence-corrected chi connectivity index (χ2v) is 5.29. The second-order valence-electron chi connectivity index (χ2n) is 5.29. The molecule has 0 aliphatic carbocycles. The summed E-state index contributed by atoms with van der Waals surface area (Å²) in [6, 6.07) is -1.59. The molecule has 9 nitrogen and oxygen atoms in total. The van der Waals surface area contributed by atoms with Gasteiger partial charge in [0.25, 0.3) is 0 Å². The molecule has 0 unspecified atom stereocenters. The second kappa shape index (κ2) is 7.51. The molecule has 2 saturated heterocycles. The van der Waals surface area contributed by atoms with Gasteiger partial charge in [0.15, 0.2) is 0 Å². The number of piperazine rings is 1. The van der Waals surface area contributed by atoms with E-state index in [4.69, 9.17) is 9.47 Å². The predicted molar refractivity (Wildman–Crippen MR) is 77.1 cm³/mol. The highest BCUT2D eigenvalue weighted by atomic mass is 16.5. The summed E-state index contributed by atoms with van der Waals surface area (Å²) < 4.78 is 9.79. The summed E-state index contributed by atoms with van der Waals surface area (Å²) >= 11 is 0. The van der Waals surface area contributed by atoms with Crippen molar-refractivity contribution in [2.75, 3.05) is 39.4 Å². The third-order valence-corrected chi connectivity index (χ3v) is 3.82. The SMILES string of the molecule is CCOC(=O)CN1CCN(CC(=O)OCC)[C@H]2C(=O)NC(=O)[C@H]21. The fourth-order valence-corrected chi connectivity index (χ4v) is 2.92. The molecule has 2 aliphatic rings. The van der Waals surface area contributed by atoms with Crippen LogP contribution < -0.4 is 5.32 Å². The molecule has 1 N–H and O–H groups in total. The first-order chi connectivity index (χ1) is 11.0. The van der Waals surface area contributed by atoms with Gasteiger partial charge in [-0.3, -0.25) is 34.3 Å². The Kier molecular flexibility index (Phi) is 5.67. The molecule has 0 aromatic carbocycles. The number of carbonyl (C=O) groups is 4. The van der Waals surface area contributed by atoms with Gasteiger partial charge in [-0.25, -0.2) is 0 Å². The van der Waals surface area contributed by atoms with Gasteiger partial charge in [-0.15, -0.1) is 0 Å². The average Bonchev–Trinajstić information content (AvgIpc) is 2.78. The van der Waals surface area contributed by atoms with Gasteiger partial charge in [0, 0.05) is 13.1 Å². The number of imide groups is 1. The summed E-state index contributed by atoms with van der Waals surface area (Å²) in [4.78, 5) is 50.7. The van der Waals surface area contributed by atoms with E-state index < -0.39 is 35.8 Å². The zero-order valence-corrected chi connectivity index (χ0v) is 13.2. The molecule has 0 aromatic rings. The molecule has 2 heterocycles. The topological polar surface area (TPSA) is 105 Å². The molecule has 128 valence electrons. The third kappa shape index (κ3) is 3.85. The van der Waals surface area contributed by atoms with E-state index in [1.54, 1.807) is 23.6 Å². The quantitative estimate of drug-likeness (QED) is 0.447. The fourth-order valence-electron chi connectivity index (χ4n) is 2.92. The Balaban J connectivity index is 2.10. The molecule has 2 rings (SSSR count). The van der Waals surface area contributed by atoms with Gasteiger partial charge in [-0.2, -0.15) is 0 Å². The first-order valence-corrected chi connectivity index (χ1v) is 7.62. The lowest BCUT2D eigenvalue weighted by atomic mass is 10.0. The smallest absolute Gasteiger partial charge is 0.320 e. The molecule has 0 radical (unpaired) electrons. The number of fused-ring (bicyclic) bond motifs is 1. The number of hydrogen-bond acceptors (Lipinski definition) is 8. The zero-order chi connectivity index (χ0) is 17.0. The lowest BCUT2D eigenvalue weighted by Crippen LogP contribution is -2.62. The number of nitrogens with zero attached hydrogens (tertiary/aromatic N) is 2. The average molecular weight is 327 g/mol. The third-order valence-electron chi connectivity index (χ3n) is 3.82. The van der Waals surface area contributed by atoms with Crippen molar-refractivity contribution < 1.29 is 28.7 Å². The van der Waals surface area contributed by atoms with Crippen molar-refractivity contribution in [2.24, 2.45) is 0 Å². The van der Waals surface area contributed by atoms with Crippen LogP contribution in [0.3, 0.4) is 0 Å². The molecule has 2 fully saturated rings. The van der Waals surface area contributed by atoms with Crippen LogP contribution in [0.15, 0.2) is 0 Å². The standard InChI is InChI=1S/C14H21N3O6/c1-3-22-9(18)7-16-5-6-17(8-10(19)23-4-2)12-11(16)13(20)15-14(12)21/h11-12H,3-8H2,1-2H3,(H,15,20,21)/t11-,12+. The van der Waals surface area contributed by atoms with Crippen LogP contribution in [0.1, 0.15) is 13.8 Å². The summed E-state index contributed by atoms with van der Waals surface area (Å²) in [6.07, 6.45) is 0. The monoisotopic (exact) mass is 327 g/mol. The minimum absolute atomic E-state index is 0.0665. The Labute approximate surface area is 133 Å². The van der Waals surface area contributed by atoms with Crippen molar-refractivity contribution >= 4 is 23.8 Å². The molecular formula is C14H21N3O6. The van der Waals surface area contributed by atoms with E-state index in [9.17, 15) is 19.2 Å². The van der Waals surface area contributed by atoms with Crippen LogP contribution in [0.2, 0.25) is 0 Å². The summed E-state index contributed by atoms with van der Waals surface area (Å²) in [5, 5.41) is 2.26. The number of carbonyl (C=O) groups excluding carboxylic acids is 4. The van der Waals surface area contributed by atoms with Gasteiger partial charge in [0.2, 0.25) is 11.8 Å². The lowest BCUT2D eigenvalue weighted by Gasteiger charge is -2.40.